The summed E-state index contributed by atoms with van der Waals surface area (Å²) in [5.74, 6) is 1.73. The van der Waals surface area contributed by atoms with E-state index >= 15 is 0 Å². The number of esters is 1. The van der Waals surface area contributed by atoms with Crippen LogP contribution in [0.25, 0.3) is 0 Å². The van der Waals surface area contributed by atoms with E-state index in [9.17, 15) is 9.70 Å². The molecule has 1 unspecified atom stereocenters. The number of ether oxygens (including phenoxy) is 1. The van der Waals surface area contributed by atoms with Gasteiger partial charge in [-0.05, 0) is 55.4 Å². The number of nitrogens with zero attached hydrogens (tertiary/aromatic N) is 1. The van der Waals surface area contributed by atoms with Crippen LogP contribution in [0.3, 0.4) is 0 Å². The Hall–Kier alpha value is -1.45. The minimum atomic E-state index is -0.386. The van der Waals surface area contributed by atoms with Crippen molar-refractivity contribution in [2.75, 3.05) is 0 Å². The summed E-state index contributed by atoms with van der Waals surface area (Å²) in [7, 11) is 0. The molecule has 4 nitrogen and oxygen atoms in total. The predicted molar refractivity (Wildman–Crippen MR) is 85.1 cm³/mol. The first-order valence-corrected chi connectivity index (χ1v) is 8.56. The Morgan fingerprint density at radius 3 is 3.00 bits per heavy atom. The van der Waals surface area contributed by atoms with Crippen molar-refractivity contribution in [2.45, 2.75) is 64.0 Å². The van der Waals surface area contributed by atoms with E-state index in [0.717, 1.165) is 19.3 Å². The smallest absolute Gasteiger partial charge is 0.308 e. The highest BCUT2D eigenvalue weighted by Gasteiger charge is 2.33. The maximum absolute atomic E-state index is 11.5. The molecule has 1 heterocycles. The number of cyclic esters (lactones) is 1. The lowest BCUT2D eigenvalue weighted by atomic mass is 9.70. The van der Waals surface area contributed by atoms with Crippen LogP contribution in [0.15, 0.2) is 29.0 Å². The molecule has 0 bridgehead atoms. The Bertz CT molecular complexity index is 497. The SMILES string of the molecule is CC1C=C2C=CC[C@H](CC[C@@H]3C[C@@H](N=O)CC(=O)O3)[C@H]2CC1. The van der Waals surface area contributed by atoms with E-state index < -0.39 is 0 Å². The van der Waals surface area contributed by atoms with E-state index in [1.807, 2.05) is 0 Å². The van der Waals surface area contributed by atoms with Crippen molar-refractivity contribution < 1.29 is 9.53 Å². The van der Waals surface area contributed by atoms with Gasteiger partial charge in [0.05, 0.1) is 6.42 Å². The molecule has 0 amide bonds. The summed E-state index contributed by atoms with van der Waals surface area (Å²) >= 11 is 0. The largest absolute Gasteiger partial charge is 0.462 e. The van der Waals surface area contributed by atoms with Crippen LogP contribution in [0.2, 0.25) is 0 Å². The fourth-order valence-corrected chi connectivity index (χ4v) is 4.21. The van der Waals surface area contributed by atoms with Gasteiger partial charge in [-0.15, -0.1) is 0 Å². The molecule has 3 rings (SSSR count). The molecule has 0 aromatic heterocycles. The van der Waals surface area contributed by atoms with Crippen LogP contribution >= 0.6 is 0 Å². The van der Waals surface area contributed by atoms with Crippen molar-refractivity contribution in [2.24, 2.45) is 22.9 Å². The van der Waals surface area contributed by atoms with Crippen LogP contribution in [0.1, 0.15) is 51.9 Å². The molecule has 0 spiro atoms. The third-order valence-corrected chi connectivity index (χ3v) is 5.40. The molecule has 0 radical (unpaired) electrons. The van der Waals surface area contributed by atoms with Gasteiger partial charge < -0.3 is 4.74 Å². The average Bonchev–Trinajstić information content (AvgIpc) is 2.52. The first-order valence-electron chi connectivity index (χ1n) is 8.56. The number of nitroso groups, excluding NO2 is 1. The lowest BCUT2D eigenvalue weighted by molar-refractivity contribution is -0.155. The van der Waals surface area contributed by atoms with E-state index in [4.69, 9.17) is 4.74 Å². The first-order chi connectivity index (χ1) is 10.7. The van der Waals surface area contributed by atoms with Crippen molar-refractivity contribution in [3.05, 3.63) is 28.7 Å². The summed E-state index contributed by atoms with van der Waals surface area (Å²) < 4.78 is 5.39. The Morgan fingerprint density at radius 2 is 2.18 bits per heavy atom. The van der Waals surface area contributed by atoms with Crippen molar-refractivity contribution in [1.29, 1.82) is 0 Å². The van der Waals surface area contributed by atoms with Gasteiger partial charge in [0.1, 0.15) is 12.1 Å². The highest BCUT2D eigenvalue weighted by molar-refractivity contribution is 5.71. The summed E-state index contributed by atoms with van der Waals surface area (Å²) in [6, 6.07) is -0.386. The summed E-state index contributed by atoms with van der Waals surface area (Å²) in [6.07, 6.45) is 13.2. The third kappa shape index (κ3) is 3.47. The lowest BCUT2D eigenvalue weighted by Crippen LogP contribution is -2.32. The number of allylic oxidation sites excluding steroid dienone is 4. The van der Waals surface area contributed by atoms with Crippen LogP contribution < -0.4 is 0 Å². The molecule has 0 aromatic carbocycles. The fraction of sp³-hybridized carbons (Fsp3) is 0.722. The number of carbonyl (C=O) groups excluding carboxylic acids is 1. The van der Waals surface area contributed by atoms with E-state index in [-0.39, 0.29) is 24.5 Å². The first kappa shape index (κ1) is 15.4. The van der Waals surface area contributed by atoms with Gasteiger partial charge in [-0.25, -0.2) is 0 Å². The minimum Gasteiger partial charge on any atom is -0.462 e. The molecule has 5 atom stereocenters. The zero-order valence-electron chi connectivity index (χ0n) is 13.2. The predicted octanol–water partition coefficient (Wildman–Crippen LogP) is 4.16. The normalized spacial score (nSPS) is 38.0. The number of rotatable bonds is 4. The van der Waals surface area contributed by atoms with Gasteiger partial charge in [-0.1, -0.05) is 30.3 Å². The van der Waals surface area contributed by atoms with Gasteiger partial charge in [0.2, 0.25) is 0 Å². The molecule has 1 aliphatic heterocycles. The van der Waals surface area contributed by atoms with Crippen LogP contribution in [-0.4, -0.2) is 18.1 Å². The molecule has 22 heavy (non-hydrogen) atoms. The van der Waals surface area contributed by atoms with Gasteiger partial charge in [0.25, 0.3) is 0 Å². The molecular weight excluding hydrogens is 278 g/mol. The van der Waals surface area contributed by atoms with Crippen molar-refractivity contribution in [1.82, 2.24) is 0 Å². The maximum atomic E-state index is 11.5. The monoisotopic (exact) mass is 303 g/mol. The van der Waals surface area contributed by atoms with E-state index in [0.29, 0.717) is 24.2 Å². The molecule has 4 heteroatoms. The second-order valence-corrected chi connectivity index (χ2v) is 7.11. The second kappa shape index (κ2) is 6.76. The van der Waals surface area contributed by atoms with E-state index in [2.05, 4.69) is 30.3 Å². The highest BCUT2D eigenvalue weighted by atomic mass is 16.5. The van der Waals surface area contributed by atoms with Gasteiger partial charge >= 0.3 is 5.97 Å². The molecule has 2 aliphatic carbocycles. The average molecular weight is 303 g/mol. The van der Waals surface area contributed by atoms with Crippen molar-refractivity contribution in [3.63, 3.8) is 0 Å². The Kier molecular flexibility index (Phi) is 4.74. The van der Waals surface area contributed by atoms with Crippen molar-refractivity contribution >= 4 is 5.97 Å². The zero-order valence-corrected chi connectivity index (χ0v) is 13.2. The molecular formula is C18H25NO3. The topological polar surface area (TPSA) is 55.7 Å². The maximum Gasteiger partial charge on any atom is 0.308 e. The highest BCUT2D eigenvalue weighted by Crippen LogP contribution is 2.41. The molecule has 0 N–H and O–H groups in total. The summed E-state index contributed by atoms with van der Waals surface area (Å²) in [6.45, 7) is 2.29. The van der Waals surface area contributed by atoms with Gasteiger partial charge in [0.15, 0.2) is 0 Å². The number of hydrogen-bond donors (Lipinski definition) is 0. The van der Waals surface area contributed by atoms with Gasteiger partial charge in [-0.3, -0.25) is 4.79 Å². The van der Waals surface area contributed by atoms with E-state index in [1.54, 1.807) is 0 Å². The van der Waals surface area contributed by atoms with E-state index in [1.165, 1.54) is 18.4 Å². The minimum absolute atomic E-state index is 0.121. The zero-order chi connectivity index (χ0) is 15.5. The number of carbonyl (C=O) groups is 1. The van der Waals surface area contributed by atoms with Crippen LogP contribution in [-0.2, 0) is 9.53 Å². The Balaban J connectivity index is 1.57. The van der Waals surface area contributed by atoms with Gasteiger partial charge in [0, 0.05) is 6.42 Å². The van der Waals surface area contributed by atoms with Crippen LogP contribution in [0, 0.1) is 22.7 Å². The molecule has 0 aromatic rings. The molecule has 120 valence electrons. The van der Waals surface area contributed by atoms with Gasteiger partial charge in [-0.2, -0.15) is 4.91 Å². The van der Waals surface area contributed by atoms with Crippen LogP contribution in [0.5, 0.6) is 0 Å². The summed E-state index contributed by atoms with van der Waals surface area (Å²) in [5, 5.41) is 3.05. The summed E-state index contributed by atoms with van der Waals surface area (Å²) in [4.78, 5) is 22.2. The van der Waals surface area contributed by atoms with Crippen LogP contribution in [0.4, 0.5) is 0 Å². The Morgan fingerprint density at radius 1 is 1.32 bits per heavy atom. The molecule has 3 aliphatic rings. The standard InChI is InChI=1S/C18H25NO3/c1-12-5-8-17-13(3-2-4-14(17)9-12)6-7-16-10-15(19-21)11-18(20)22-16/h2,4,9,12-13,15-17H,3,5-8,10-11H2,1H3/t12?,13-,15-,16-,17-/m1/s1. The number of fused-ring (bicyclic) bond motifs is 1. The molecule has 1 saturated heterocycles. The number of hydrogen-bond acceptors (Lipinski definition) is 4. The molecule has 0 saturated carbocycles. The molecule has 1 fully saturated rings. The quantitative estimate of drug-likeness (QED) is 0.579. The van der Waals surface area contributed by atoms with Crippen molar-refractivity contribution in [3.8, 4) is 0 Å². The fourth-order valence-electron chi connectivity index (χ4n) is 4.21. The Labute approximate surface area is 132 Å². The lowest BCUT2D eigenvalue weighted by Gasteiger charge is -2.36. The third-order valence-electron chi connectivity index (χ3n) is 5.40. The summed E-state index contributed by atoms with van der Waals surface area (Å²) in [5.41, 5.74) is 1.50. The second-order valence-electron chi connectivity index (χ2n) is 7.11.